The number of benzene rings is 3. The third-order valence-electron chi connectivity index (χ3n) is 5.84. The van der Waals surface area contributed by atoms with Crippen LogP contribution < -0.4 is 9.64 Å². The molecule has 1 atom stereocenters. The van der Waals surface area contributed by atoms with Gasteiger partial charge in [0, 0.05) is 16.3 Å². The summed E-state index contributed by atoms with van der Waals surface area (Å²) < 4.78 is 5.53. The second-order valence-electron chi connectivity index (χ2n) is 7.95. The number of nitrogens with zero attached hydrogens (tertiary/aromatic N) is 1. The fraction of sp³-hybridized carbons (Fsp3) is 0.185. The molecule has 0 spiro atoms. The number of halogens is 1. The van der Waals surface area contributed by atoms with E-state index in [0.717, 1.165) is 11.1 Å². The van der Waals surface area contributed by atoms with Crippen LogP contribution >= 0.6 is 11.6 Å². The highest BCUT2D eigenvalue weighted by Gasteiger charge is 2.47. The first-order valence-electron chi connectivity index (χ1n) is 10.7. The average Bonchev–Trinajstić information content (AvgIpc) is 3.07. The van der Waals surface area contributed by atoms with Crippen molar-refractivity contribution in [3.8, 4) is 5.75 Å². The zero-order valence-corrected chi connectivity index (χ0v) is 19.4. The highest BCUT2D eigenvalue weighted by Crippen LogP contribution is 2.42. The Balaban J connectivity index is 1.91. The summed E-state index contributed by atoms with van der Waals surface area (Å²) in [6, 6.07) is 18.5. The minimum Gasteiger partial charge on any atom is -0.507 e. The Kier molecular flexibility index (Phi) is 6.25. The highest BCUT2D eigenvalue weighted by atomic mass is 35.5. The fourth-order valence-electron chi connectivity index (χ4n) is 3.97. The van der Waals surface area contributed by atoms with E-state index in [-0.39, 0.29) is 11.3 Å². The number of ketones is 1. The van der Waals surface area contributed by atoms with Crippen LogP contribution in [0.5, 0.6) is 5.75 Å². The van der Waals surface area contributed by atoms with Crippen molar-refractivity contribution < 1.29 is 19.4 Å². The number of amides is 1. The molecule has 1 aliphatic rings. The number of anilines is 1. The molecule has 4 rings (SSSR count). The summed E-state index contributed by atoms with van der Waals surface area (Å²) in [6.07, 6.45) is 0. The summed E-state index contributed by atoms with van der Waals surface area (Å²) in [7, 11) is 0. The van der Waals surface area contributed by atoms with E-state index in [1.807, 2.05) is 32.9 Å². The molecular weight excluding hydrogens is 438 g/mol. The molecule has 0 aliphatic carbocycles. The van der Waals surface area contributed by atoms with Crippen molar-refractivity contribution in [3.05, 3.63) is 99.6 Å². The molecular formula is C27H24ClNO4. The molecule has 0 bridgehead atoms. The first-order valence-corrected chi connectivity index (χ1v) is 11.1. The third-order valence-corrected chi connectivity index (χ3v) is 6.09. The van der Waals surface area contributed by atoms with E-state index in [0.29, 0.717) is 34.2 Å². The van der Waals surface area contributed by atoms with Crippen LogP contribution in [0, 0.1) is 13.8 Å². The van der Waals surface area contributed by atoms with Crippen molar-refractivity contribution in [1.82, 2.24) is 0 Å². The van der Waals surface area contributed by atoms with E-state index in [9.17, 15) is 14.7 Å². The molecule has 0 saturated carbocycles. The lowest BCUT2D eigenvalue weighted by Crippen LogP contribution is -2.29. The van der Waals surface area contributed by atoms with E-state index < -0.39 is 17.7 Å². The Morgan fingerprint density at radius 2 is 1.64 bits per heavy atom. The topological polar surface area (TPSA) is 66.8 Å². The zero-order valence-electron chi connectivity index (χ0n) is 18.6. The summed E-state index contributed by atoms with van der Waals surface area (Å²) in [5.41, 5.74) is 3.77. The predicted molar refractivity (Wildman–Crippen MR) is 130 cm³/mol. The van der Waals surface area contributed by atoms with Crippen LogP contribution in [0.3, 0.4) is 0 Å². The minimum atomic E-state index is -0.802. The number of hydrogen-bond donors (Lipinski definition) is 1. The molecule has 5 nitrogen and oxygen atoms in total. The minimum absolute atomic E-state index is 0.0439. The fourth-order valence-corrected chi connectivity index (χ4v) is 4.10. The number of carbonyl (C=O) groups excluding carboxylic acids is 2. The Bertz CT molecular complexity index is 1250. The van der Waals surface area contributed by atoms with Gasteiger partial charge in [-0.25, -0.2) is 0 Å². The summed E-state index contributed by atoms with van der Waals surface area (Å²) >= 11 is 6.04. The van der Waals surface area contributed by atoms with Crippen molar-refractivity contribution >= 4 is 34.7 Å². The van der Waals surface area contributed by atoms with Gasteiger partial charge in [0.2, 0.25) is 0 Å². The number of aliphatic hydroxyl groups excluding tert-OH is 1. The molecule has 33 heavy (non-hydrogen) atoms. The number of rotatable bonds is 5. The van der Waals surface area contributed by atoms with E-state index in [4.69, 9.17) is 16.3 Å². The van der Waals surface area contributed by atoms with Crippen LogP contribution in [0.4, 0.5) is 5.69 Å². The molecule has 3 aromatic rings. The number of ether oxygens (including phenoxy) is 1. The lowest BCUT2D eigenvalue weighted by atomic mass is 9.94. The van der Waals surface area contributed by atoms with E-state index in [2.05, 4.69) is 0 Å². The summed E-state index contributed by atoms with van der Waals surface area (Å²) in [5.74, 6) is -0.966. The predicted octanol–water partition coefficient (Wildman–Crippen LogP) is 5.98. The maximum Gasteiger partial charge on any atom is 0.300 e. The summed E-state index contributed by atoms with van der Waals surface area (Å²) in [4.78, 5) is 27.8. The average molecular weight is 462 g/mol. The van der Waals surface area contributed by atoms with Gasteiger partial charge >= 0.3 is 0 Å². The summed E-state index contributed by atoms with van der Waals surface area (Å²) in [6.45, 7) is 6.32. The van der Waals surface area contributed by atoms with Crippen molar-refractivity contribution in [2.45, 2.75) is 26.8 Å². The molecule has 1 heterocycles. The second kappa shape index (κ2) is 9.12. The van der Waals surface area contributed by atoms with Gasteiger partial charge in [-0.1, -0.05) is 35.9 Å². The van der Waals surface area contributed by atoms with Gasteiger partial charge in [0.05, 0.1) is 18.2 Å². The van der Waals surface area contributed by atoms with Crippen LogP contribution in [-0.2, 0) is 9.59 Å². The first kappa shape index (κ1) is 22.6. The molecule has 6 heteroatoms. The molecule has 1 saturated heterocycles. The summed E-state index contributed by atoms with van der Waals surface area (Å²) in [5, 5.41) is 11.8. The second-order valence-corrected chi connectivity index (χ2v) is 8.38. The first-order chi connectivity index (χ1) is 15.8. The molecule has 1 fully saturated rings. The third kappa shape index (κ3) is 4.24. The number of aryl methyl sites for hydroxylation is 2. The van der Waals surface area contributed by atoms with Gasteiger partial charge in [0.25, 0.3) is 11.7 Å². The van der Waals surface area contributed by atoms with Gasteiger partial charge < -0.3 is 9.84 Å². The van der Waals surface area contributed by atoms with Gasteiger partial charge in [-0.05, 0) is 79.9 Å². The molecule has 1 aliphatic heterocycles. The molecule has 0 aromatic heterocycles. The normalized spacial score (nSPS) is 17.5. The van der Waals surface area contributed by atoms with Crippen molar-refractivity contribution in [3.63, 3.8) is 0 Å². The van der Waals surface area contributed by atoms with E-state index >= 15 is 0 Å². The van der Waals surface area contributed by atoms with Gasteiger partial charge in [-0.15, -0.1) is 0 Å². The quantitative estimate of drug-likeness (QED) is 0.288. The zero-order chi connectivity index (χ0) is 23.7. The van der Waals surface area contributed by atoms with Crippen molar-refractivity contribution in [2.24, 2.45) is 0 Å². The number of carbonyl (C=O) groups is 2. The van der Waals surface area contributed by atoms with Gasteiger partial charge in [0.15, 0.2) is 0 Å². The number of aliphatic hydroxyl groups is 1. The molecule has 3 aromatic carbocycles. The van der Waals surface area contributed by atoms with Crippen molar-refractivity contribution in [1.29, 1.82) is 0 Å². The monoisotopic (exact) mass is 461 g/mol. The SMILES string of the molecule is CCOc1ccc(C2/C(=C(/O)c3ccc(C)c(C)c3)C(=O)C(=O)N2c2ccc(Cl)cc2)cc1. The van der Waals surface area contributed by atoms with Crippen molar-refractivity contribution in [2.75, 3.05) is 11.5 Å². The lowest BCUT2D eigenvalue weighted by molar-refractivity contribution is -0.132. The highest BCUT2D eigenvalue weighted by molar-refractivity contribution is 6.51. The lowest BCUT2D eigenvalue weighted by Gasteiger charge is -2.25. The Morgan fingerprint density at radius 1 is 0.970 bits per heavy atom. The van der Waals surface area contributed by atoms with Crippen LogP contribution in [-0.4, -0.2) is 23.4 Å². The molecule has 1 amide bonds. The van der Waals surface area contributed by atoms with Gasteiger partial charge in [0.1, 0.15) is 11.5 Å². The standard InChI is InChI=1S/C27H24ClNO4/c1-4-33-22-13-7-18(8-14-22)24-23(25(30)19-6-5-16(2)17(3)15-19)26(31)27(32)29(24)21-11-9-20(28)10-12-21/h5-15,24,30H,4H2,1-3H3/b25-23-. The number of Topliss-reactive ketones (excluding diaryl/α,β-unsaturated/α-hetero) is 1. The van der Waals surface area contributed by atoms with E-state index in [1.165, 1.54) is 4.90 Å². The van der Waals surface area contributed by atoms with Crippen LogP contribution in [0.15, 0.2) is 72.3 Å². The van der Waals surface area contributed by atoms with E-state index in [1.54, 1.807) is 54.6 Å². The molecule has 0 radical (unpaired) electrons. The van der Waals surface area contributed by atoms with Gasteiger partial charge in [-0.2, -0.15) is 0 Å². The molecule has 1 N–H and O–H groups in total. The molecule has 168 valence electrons. The van der Waals surface area contributed by atoms with Crippen LogP contribution in [0.2, 0.25) is 5.02 Å². The van der Waals surface area contributed by atoms with Gasteiger partial charge in [-0.3, -0.25) is 14.5 Å². The molecule has 1 unspecified atom stereocenters. The van der Waals surface area contributed by atoms with Crippen LogP contribution in [0.1, 0.15) is 35.2 Å². The maximum atomic E-state index is 13.2. The Hall–Kier alpha value is -3.57. The van der Waals surface area contributed by atoms with Crippen LogP contribution in [0.25, 0.3) is 5.76 Å². The smallest absolute Gasteiger partial charge is 0.300 e. The maximum absolute atomic E-state index is 13.2. The Labute approximate surface area is 197 Å². The number of hydrogen-bond acceptors (Lipinski definition) is 4. The Morgan fingerprint density at radius 3 is 2.24 bits per heavy atom. The largest absolute Gasteiger partial charge is 0.507 e.